The van der Waals surface area contributed by atoms with E-state index in [-0.39, 0.29) is 5.82 Å². The minimum atomic E-state index is 0.151. The summed E-state index contributed by atoms with van der Waals surface area (Å²) in [4.78, 5) is 7.77. The Kier molecular flexibility index (Phi) is 3.10. The monoisotopic (exact) mass is 210 g/mol. The van der Waals surface area contributed by atoms with Crippen LogP contribution in [-0.4, -0.2) is 9.97 Å². The number of rotatable bonds is 3. The third-order valence-electron chi connectivity index (χ3n) is 1.87. The second-order valence-corrected chi connectivity index (χ2v) is 3.00. The minimum Gasteiger partial charge on any atom is -0.487 e. The standard InChI is InChI=1S/C12H8N3O/c13-8-12-14-7-6-10(15-12)9-16-11-4-2-1-3-5-11/h1-4,6-7H,9H2. The normalized spacial score (nSPS) is 9.44. The predicted molar refractivity (Wildman–Crippen MR) is 56.4 cm³/mol. The summed E-state index contributed by atoms with van der Waals surface area (Å²) in [6.45, 7) is 0.303. The molecule has 0 aliphatic heterocycles. The summed E-state index contributed by atoms with van der Waals surface area (Å²) < 4.78 is 5.44. The molecule has 0 bridgehead atoms. The maximum absolute atomic E-state index is 8.63. The number of hydrogen-bond donors (Lipinski definition) is 0. The van der Waals surface area contributed by atoms with Gasteiger partial charge in [-0.1, -0.05) is 18.2 Å². The Morgan fingerprint density at radius 2 is 2.31 bits per heavy atom. The first-order chi connectivity index (χ1) is 7.88. The number of nitriles is 1. The average molecular weight is 210 g/mol. The van der Waals surface area contributed by atoms with Gasteiger partial charge in [0.1, 0.15) is 18.4 Å². The van der Waals surface area contributed by atoms with E-state index in [9.17, 15) is 0 Å². The van der Waals surface area contributed by atoms with Gasteiger partial charge in [-0.15, -0.1) is 0 Å². The zero-order valence-corrected chi connectivity index (χ0v) is 8.42. The second kappa shape index (κ2) is 4.89. The van der Waals surface area contributed by atoms with E-state index in [1.165, 1.54) is 0 Å². The smallest absolute Gasteiger partial charge is 0.232 e. The van der Waals surface area contributed by atoms with Gasteiger partial charge >= 0.3 is 0 Å². The number of aromatic nitrogens is 2. The Hall–Kier alpha value is -2.41. The molecule has 0 aliphatic rings. The Bertz CT molecular complexity index is 505. The lowest BCUT2D eigenvalue weighted by Crippen LogP contribution is -2.00. The highest BCUT2D eigenvalue weighted by Crippen LogP contribution is 2.09. The molecule has 0 fully saturated rings. The Labute approximate surface area is 93.2 Å². The van der Waals surface area contributed by atoms with Gasteiger partial charge in [-0.3, -0.25) is 0 Å². The molecule has 2 aromatic rings. The summed E-state index contributed by atoms with van der Waals surface area (Å²) >= 11 is 0. The van der Waals surface area contributed by atoms with E-state index >= 15 is 0 Å². The van der Waals surface area contributed by atoms with E-state index < -0.39 is 0 Å². The molecule has 0 atom stereocenters. The van der Waals surface area contributed by atoms with Crippen LogP contribution in [0.2, 0.25) is 0 Å². The van der Waals surface area contributed by atoms with Crippen molar-refractivity contribution in [3.63, 3.8) is 0 Å². The molecule has 0 amide bonds. The first kappa shape index (κ1) is 10.1. The van der Waals surface area contributed by atoms with Gasteiger partial charge in [-0.05, 0) is 12.1 Å². The van der Waals surface area contributed by atoms with Crippen LogP contribution in [-0.2, 0) is 6.61 Å². The number of ether oxygens (including phenoxy) is 1. The molecule has 1 heterocycles. The highest BCUT2D eigenvalue weighted by atomic mass is 16.5. The molecule has 0 saturated carbocycles. The van der Waals surface area contributed by atoms with Crippen LogP contribution in [0.5, 0.6) is 5.75 Å². The van der Waals surface area contributed by atoms with Crippen LogP contribution in [0, 0.1) is 17.4 Å². The van der Waals surface area contributed by atoms with Crippen molar-refractivity contribution in [2.24, 2.45) is 0 Å². The number of nitrogens with zero attached hydrogens (tertiary/aromatic N) is 3. The SMILES string of the molecule is N#Cc1nccc(COc2[c]cccc2)n1. The molecule has 0 unspecified atom stereocenters. The van der Waals surface area contributed by atoms with Crippen molar-refractivity contribution < 1.29 is 4.74 Å². The molecule has 1 radical (unpaired) electrons. The maximum Gasteiger partial charge on any atom is 0.232 e. The maximum atomic E-state index is 8.63. The third kappa shape index (κ3) is 2.55. The summed E-state index contributed by atoms with van der Waals surface area (Å²) in [5.41, 5.74) is 0.670. The first-order valence-corrected chi connectivity index (χ1v) is 4.70. The molecular formula is C12H8N3O. The quantitative estimate of drug-likeness (QED) is 0.774. The molecule has 4 nitrogen and oxygen atoms in total. The summed E-state index contributed by atoms with van der Waals surface area (Å²) in [6, 6.07) is 13.8. The molecule has 0 spiro atoms. The number of hydrogen-bond acceptors (Lipinski definition) is 4. The fraction of sp³-hybridized carbons (Fsp3) is 0.0833. The van der Waals surface area contributed by atoms with Crippen molar-refractivity contribution >= 4 is 0 Å². The summed E-state index contributed by atoms with van der Waals surface area (Å²) in [6.07, 6.45) is 1.54. The van der Waals surface area contributed by atoms with Crippen molar-refractivity contribution in [2.75, 3.05) is 0 Å². The van der Waals surface area contributed by atoms with Crippen molar-refractivity contribution in [2.45, 2.75) is 6.61 Å². The zero-order valence-electron chi connectivity index (χ0n) is 8.42. The highest BCUT2D eigenvalue weighted by molar-refractivity contribution is 5.20. The summed E-state index contributed by atoms with van der Waals surface area (Å²) in [5.74, 6) is 0.803. The van der Waals surface area contributed by atoms with Crippen molar-refractivity contribution in [1.82, 2.24) is 9.97 Å². The molecule has 1 aromatic carbocycles. The third-order valence-corrected chi connectivity index (χ3v) is 1.87. The van der Waals surface area contributed by atoms with Crippen LogP contribution >= 0.6 is 0 Å². The van der Waals surface area contributed by atoms with Gasteiger partial charge in [0.05, 0.1) is 5.69 Å². The molecule has 0 N–H and O–H groups in total. The average Bonchev–Trinajstić information content (AvgIpc) is 2.38. The van der Waals surface area contributed by atoms with Gasteiger partial charge in [0.15, 0.2) is 0 Å². The van der Waals surface area contributed by atoms with Crippen molar-refractivity contribution in [3.8, 4) is 11.8 Å². The van der Waals surface area contributed by atoms with Gasteiger partial charge in [-0.2, -0.15) is 5.26 Å². The molecule has 2 rings (SSSR count). The Morgan fingerprint density at radius 1 is 1.38 bits per heavy atom. The molecule has 4 heteroatoms. The van der Waals surface area contributed by atoms with Crippen LogP contribution in [0.4, 0.5) is 0 Å². The van der Waals surface area contributed by atoms with Crippen LogP contribution in [0.1, 0.15) is 11.5 Å². The fourth-order valence-electron chi connectivity index (χ4n) is 1.15. The lowest BCUT2D eigenvalue weighted by Gasteiger charge is -2.04. The minimum absolute atomic E-state index is 0.151. The van der Waals surface area contributed by atoms with Gasteiger partial charge in [0.25, 0.3) is 0 Å². The van der Waals surface area contributed by atoms with Crippen LogP contribution in [0.15, 0.2) is 36.5 Å². The Balaban J connectivity index is 2.03. The first-order valence-electron chi connectivity index (χ1n) is 4.70. The van der Waals surface area contributed by atoms with Crippen LogP contribution in [0.3, 0.4) is 0 Å². The number of para-hydroxylation sites is 1. The topological polar surface area (TPSA) is 58.8 Å². The van der Waals surface area contributed by atoms with E-state index in [0.29, 0.717) is 18.1 Å². The van der Waals surface area contributed by atoms with E-state index in [1.54, 1.807) is 18.3 Å². The molecule has 0 aliphatic carbocycles. The van der Waals surface area contributed by atoms with Crippen molar-refractivity contribution in [3.05, 3.63) is 54.1 Å². The van der Waals surface area contributed by atoms with Gasteiger partial charge in [-0.25, -0.2) is 9.97 Å². The molecule has 0 saturated heterocycles. The van der Waals surface area contributed by atoms with E-state index in [1.807, 2.05) is 24.3 Å². The van der Waals surface area contributed by atoms with Gasteiger partial charge < -0.3 is 4.74 Å². The highest BCUT2D eigenvalue weighted by Gasteiger charge is 1.99. The summed E-state index contributed by atoms with van der Waals surface area (Å²) in [5, 5.41) is 8.63. The zero-order chi connectivity index (χ0) is 11.2. The van der Waals surface area contributed by atoms with Gasteiger partial charge in [0, 0.05) is 12.3 Å². The van der Waals surface area contributed by atoms with E-state index in [2.05, 4.69) is 16.0 Å². The number of benzene rings is 1. The second-order valence-electron chi connectivity index (χ2n) is 3.00. The molecule has 1 aromatic heterocycles. The molecule has 77 valence electrons. The Morgan fingerprint density at radius 3 is 3.06 bits per heavy atom. The van der Waals surface area contributed by atoms with E-state index in [0.717, 1.165) is 0 Å². The largest absolute Gasteiger partial charge is 0.487 e. The van der Waals surface area contributed by atoms with Crippen molar-refractivity contribution in [1.29, 1.82) is 5.26 Å². The fourth-order valence-corrected chi connectivity index (χ4v) is 1.15. The molecule has 16 heavy (non-hydrogen) atoms. The lowest BCUT2D eigenvalue weighted by molar-refractivity contribution is 0.300. The molecular weight excluding hydrogens is 202 g/mol. The van der Waals surface area contributed by atoms with E-state index in [4.69, 9.17) is 10.00 Å². The van der Waals surface area contributed by atoms with Crippen LogP contribution < -0.4 is 4.74 Å². The van der Waals surface area contributed by atoms with Crippen LogP contribution in [0.25, 0.3) is 0 Å². The summed E-state index contributed by atoms with van der Waals surface area (Å²) in [7, 11) is 0. The predicted octanol–water partition coefficient (Wildman–Crippen LogP) is 1.73. The van der Waals surface area contributed by atoms with Gasteiger partial charge in [0.2, 0.25) is 5.82 Å². The lowest BCUT2D eigenvalue weighted by atomic mass is 10.3.